The van der Waals surface area contributed by atoms with Crippen molar-refractivity contribution in [3.63, 3.8) is 0 Å². The smallest absolute Gasteiger partial charge is 0.310 e. The van der Waals surface area contributed by atoms with Gasteiger partial charge in [0.2, 0.25) is 5.91 Å². The van der Waals surface area contributed by atoms with Gasteiger partial charge in [-0.15, -0.1) is 0 Å². The summed E-state index contributed by atoms with van der Waals surface area (Å²) in [6.45, 7) is 4.08. The van der Waals surface area contributed by atoms with E-state index < -0.39 is 4.92 Å². The summed E-state index contributed by atoms with van der Waals surface area (Å²) in [5.74, 6) is 0.498. The SMILES string of the molecule is COc1cc(C(=O)N(C)c2ccc(C)cc2OCCCCCC(=O)N2CCC(N(C)C)CC2)ccc1[N+](=O)[O-]. The minimum absolute atomic E-state index is 0.0242. The topological polar surface area (TPSA) is 105 Å². The normalized spacial score (nSPS) is 13.8. The number of hydrogen-bond donors (Lipinski definition) is 0. The number of nitro groups is 1. The predicted molar refractivity (Wildman–Crippen MR) is 151 cm³/mol. The fourth-order valence-electron chi connectivity index (χ4n) is 4.81. The Bertz CT molecular complexity index is 1160. The number of carbonyl (C=O) groups excluding carboxylic acids is 2. The highest BCUT2D eigenvalue weighted by Crippen LogP contribution is 2.32. The van der Waals surface area contributed by atoms with Gasteiger partial charge in [0.25, 0.3) is 5.91 Å². The van der Waals surface area contributed by atoms with Crippen LogP contribution in [-0.4, -0.2) is 80.5 Å². The van der Waals surface area contributed by atoms with Gasteiger partial charge >= 0.3 is 5.69 Å². The zero-order valence-corrected chi connectivity index (χ0v) is 23.6. The van der Waals surface area contributed by atoms with E-state index in [1.165, 1.54) is 30.2 Å². The number of nitrogens with zero attached hydrogens (tertiary/aromatic N) is 4. The highest BCUT2D eigenvalue weighted by molar-refractivity contribution is 6.07. The quantitative estimate of drug-likeness (QED) is 0.219. The van der Waals surface area contributed by atoms with E-state index in [9.17, 15) is 19.7 Å². The van der Waals surface area contributed by atoms with Gasteiger partial charge in [-0.2, -0.15) is 0 Å². The van der Waals surface area contributed by atoms with E-state index >= 15 is 0 Å². The Balaban J connectivity index is 1.52. The maximum absolute atomic E-state index is 13.2. The van der Waals surface area contributed by atoms with Crippen molar-refractivity contribution < 1.29 is 24.0 Å². The summed E-state index contributed by atoms with van der Waals surface area (Å²) in [5.41, 5.74) is 1.66. The molecule has 0 aromatic heterocycles. The third kappa shape index (κ3) is 7.92. The van der Waals surface area contributed by atoms with Crippen molar-refractivity contribution in [2.45, 2.75) is 51.5 Å². The molecule has 1 heterocycles. The van der Waals surface area contributed by atoms with Crippen LogP contribution in [0.25, 0.3) is 0 Å². The molecule has 2 aromatic rings. The molecule has 39 heavy (non-hydrogen) atoms. The maximum atomic E-state index is 13.2. The number of carbonyl (C=O) groups is 2. The average Bonchev–Trinajstić information content (AvgIpc) is 2.93. The summed E-state index contributed by atoms with van der Waals surface area (Å²) < 4.78 is 11.2. The molecule has 0 radical (unpaired) electrons. The van der Waals surface area contributed by atoms with Crippen LogP contribution in [0.2, 0.25) is 0 Å². The van der Waals surface area contributed by atoms with Crippen molar-refractivity contribution in [1.82, 2.24) is 9.80 Å². The molecule has 0 bridgehead atoms. The van der Waals surface area contributed by atoms with Crippen LogP contribution in [0.1, 0.15) is 54.4 Å². The number of hydrogen-bond acceptors (Lipinski definition) is 7. The Labute approximate surface area is 230 Å². The van der Waals surface area contributed by atoms with E-state index in [2.05, 4.69) is 19.0 Å². The van der Waals surface area contributed by atoms with Crippen molar-refractivity contribution in [3.05, 3.63) is 57.6 Å². The lowest BCUT2D eigenvalue weighted by molar-refractivity contribution is -0.385. The molecule has 0 N–H and O–H groups in total. The van der Waals surface area contributed by atoms with Crippen LogP contribution in [0.15, 0.2) is 36.4 Å². The van der Waals surface area contributed by atoms with Gasteiger partial charge in [-0.3, -0.25) is 19.7 Å². The lowest BCUT2D eigenvalue weighted by atomic mass is 10.0. The first-order chi connectivity index (χ1) is 18.6. The van der Waals surface area contributed by atoms with Gasteiger partial charge in [0.15, 0.2) is 5.75 Å². The van der Waals surface area contributed by atoms with E-state index in [-0.39, 0.29) is 28.8 Å². The molecular weight excluding hydrogens is 500 g/mol. The molecule has 1 aliphatic heterocycles. The van der Waals surface area contributed by atoms with Crippen LogP contribution < -0.4 is 14.4 Å². The minimum atomic E-state index is -0.549. The molecule has 1 fully saturated rings. The molecule has 1 saturated heterocycles. The van der Waals surface area contributed by atoms with Gasteiger partial charge in [-0.1, -0.05) is 6.07 Å². The van der Waals surface area contributed by atoms with Crippen LogP contribution in [0.3, 0.4) is 0 Å². The summed E-state index contributed by atoms with van der Waals surface area (Å²) in [4.78, 5) is 42.1. The number of unbranched alkanes of at least 4 members (excludes halogenated alkanes) is 2. The van der Waals surface area contributed by atoms with Gasteiger partial charge in [0.05, 0.1) is 24.3 Å². The number of aryl methyl sites for hydroxylation is 1. The number of piperidine rings is 1. The lowest BCUT2D eigenvalue weighted by Crippen LogP contribution is -2.44. The Morgan fingerprint density at radius 2 is 1.74 bits per heavy atom. The zero-order valence-electron chi connectivity index (χ0n) is 23.6. The first-order valence-corrected chi connectivity index (χ1v) is 13.4. The van der Waals surface area contributed by atoms with Crippen molar-refractivity contribution >= 4 is 23.2 Å². The zero-order chi connectivity index (χ0) is 28.5. The number of rotatable bonds is 12. The monoisotopic (exact) mass is 540 g/mol. The Kier molecular flexibility index (Phi) is 10.7. The first kappa shape index (κ1) is 29.9. The molecule has 2 aromatic carbocycles. The van der Waals surface area contributed by atoms with Gasteiger partial charge in [-0.05, 0) is 76.9 Å². The van der Waals surface area contributed by atoms with Crippen LogP contribution in [0, 0.1) is 17.0 Å². The van der Waals surface area contributed by atoms with E-state index in [0.29, 0.717) is 30.5 Å². The molecule has 0 atom stereocenters. The average molecular weight is 541 g/mol. The highest BCUT2D eigenvalue weighted by atomic mass is 16.6. The summed E-state index contributed by atoms with van der Waals surface area (Å²) in [6, 6.07) is 10.2. The van der Waals surface area contributed by atoms with E-state index in [1.54, 1.807) is 7.05 Å². The summed E-state index contributed by atoms with van der Waals surface area (Å²) in [6.07, 6.45) is 5.09. The van der Waals surface area contributed by atoms with Crippen LogP contribution in [-0.2, 0) is 4.79 Å². The van der Waals surface area contributed by atoms with Crippen molar-refractivity contribution in [1.29, 1.82) is 0 Å². The standard InChI is InChI=1S/C29H40N4O6/c1-21-10-12-24(31(4)29(35)22-11-13-25(33(36)37)26(20-22)38-5)27(19-21)39-18-8-6-7-9-28(34)32-16-14-23(15-17-32)30(2)3/h10-13,19-20,23H,6-9,14-18H2,1-5H3. The molecule has 10 heteroatoms. The first-order valence-electron chi connectivity index (χ1n) is 13.4. The third-order valence-corrected chi connectivity index (χ3v) is 7.24. The molecule has 212 valence electrons. The molecule has 0 saturated carbocycles. The number of methoxy groups -OCH3 is 1. The van der Waals surface area contributed by atoms with E-state index in [1.807, 2.05) is 30.0 Å². The second kappa shape index (κ2) is 13.9. The molecule has 1 aliphatic rings. The Morgan fingerprint density at radius 3 is 2.38 bits per heavy atom. The van der Waals surface area contributed by atoms with Gasteiger partial charge in [0, 0.05) is 50.3 Å². The number of amides is 2. The maximum Gasteiger partial charge on any atom is 0.310 e. The Morgan fingerprint density at radius 1 is 1.03 bits per heavy atom. The van der Waals surface area contributed by atoms with Gasteiger partial charge in [-0.25, -0.2) is 0 Å². The van der Waals surface area contributed by atoms with Crippen LogP contribution in [0.4, 0.5) is 11.4 Å². The van der Waals surface area contributed by atoms with Crippen LogP contribution in [0.5, 0.6) is 11.5 Å². The second-order valence-corrected chi connectivity index (χ2v) is 10.2. The fourth-order valence-corrected chi connectivity index (χ4v) is 4.81. The second-order valence-electron chi connectivity index (χ2n) is 10.2. The number of nitro benzene ring substituents is 1. The summed E-state index contributed by atoms with van der Waals surface area (Å²) in [5, 5.41) is 11.2. The minimum Gasteiger partial charge on any atom is -0.491 e. The number of anilines is 1. The number of likely N-dealkylation sites (tertiary alicyclic amines) is 1. The molecule has 0 aliphatic carbocycles. The molecule has 10 nitrogen and oxygen atoms in total. The summed E-state index contributed by atoms with van der Waals surface area (Å²) >= 11 is 0. The molecule has 3 rings (SSSR count). The fraction of sp³-hybridized carbons (Fsp3) is 0.517. The van der Waals surface area contributed by atoms with Gasteiger partial charge in [0.1, 0.15) is 5.75 Å². The molecular formula is C29H40N4O6. The number of ether oxygens (including phenoxy) is 2. The van der Waals surface area contributed by atoms with Crippen molar-refractivity contribution in [2.75, 3.05) is 52.8 Å². The Hall–Kier alpha value is -3.66. The summed E-state index contributed by atoms with van der Waals surface area (Å²) in [7, 11) is 7.16. The number of benzene rings is 2. The third-order valence-electron chi connectivity index (χ3n) is 7.24. The largest absolute Gasteiger partial charge is 0.491 e. The van der Waals surface area contributed by atoms with E-state index in [4.69, 9.17) is 9.47 Å². The lowest BCUT2D eigenvalue weighted by Gasteiger charge is -2.35. The van der Waals surface area contributed by atoms with Crippen LogP contribution >= 0.6 is 0 Å². The highest BCUT2D eigenvalue weighted by Gasteiger charge is 2.24. The molecule has 0 unspecified atom stereocenters. The van der Waals surface area contributed by atoms with E-state index in [0.717, 1.165) is 50.8 Å². The van der Waals surface area contributed by atoms with Gasteiger partial charge < -0.3 is 24.2 Å². The molecule has 0 spiro atoms. The van der Waals surface area contributed by atoms with Crippen molar-refractivity contribution in [3.8, 4) is 11.5 Å². The molecule has 2 amide bonds. The predicted octanol–water partition coefficient (Wildman–Crippen LogP) is 4.68. The van der Waals surface area contributed by atoms with Crippen molar-refractivity contribution in [2.24, 2.45) is 0 Å².